The second-order valence-electron chi connectivity index (χ2n) is 6.18. The van der Waals surface area contributed by atoms with Crippen molar-refractivity contribution in [2.24, 2.45) is 0 Å². The third-order valence-corrected chi connectivity index (χ3v) is 4.60. The molecule has 1 aliphatic rings. The highest BCUT2D eigenvalue weighted by molar-refractivity contribution is 5.95. The Hall–Kier alpha value is -3.43. The molecule has 0 saturated carbocycles. The summed E-state index contributed by atoms with van der Waals surface area (Å²) in [5, 5.41) is 24.2. The van der Waals surface area contributed by atoms with Gasteiger partial charge in [0, 0.05) is 30.9 Å². The second-order valence-corrected chi connectivity index (χ2v) is 6.18. The summed E-state index contributed by atoms with van der Waals surface area (Å²) in [5.41, 5.74) is 0.100. The zero-order valence-electron chi connectivity index (χ0n) is 14.6. The van der Waals surface area contributed by atoms with Crippen LogP contribution >= 0.6 is 0 Å². The molecular formula is C17H18N4O6. The van der Waals surface area contributed by atoms with Crippen molar-refractivity contribution in [3.05, 3.63) is 51.8 Å². The molecule has 1 fully saturated rings. The molecule has 2 heterocycles. The highest BCUT2D eigenvalue weighted by Crippen LogP contribution is 2.29. The van der Waals surface area contributed by atoms with E-state index in [1.165, 1.54) is 37.7 Å². The Balaban J connectivity index is 1.68. The molecule has 142 valence electrons. The van der Waals surface area contributed by atoms with Crippen LogP contribution in [0.25, 0.3) is 0 Å². The van der Waals surface area contributed by atoms with Crippen LogP contribution in [0.3, 0.4) is 0 Å². The Kier molecular flexibility index (Phi) is 5.06. The molecule has 0 unspecified atom stereocenters. The number of methoxy groups -OCH3 is 1. The van der Waals surface area contributed by atoms with E-state index in [2.05, 4.69) is 5.10 Å². The number of rotatable bonds is 5. The molecule has 3 rings (SSSR count). The number of hydrogen-bond acceptors (Lipinski definition) is 6. The first-order chi connectivity index (χ1) is 12.9. The number of aromatic carboxylic acids is 1. The minimum atomic E-state index is -1.03. The molecule has 0 spiro atoms. The number of carbonyl (C=O) groups is 2. The number of nitro groups is 1. The van der Waals surface area contributed by atoms with Crippen LogP contribution in [0.5, 0.6) is 5.75 Å². The number of ether oxygens (including phenoxy) is 1. The van der Waals surface area contributed by atoms with Crippen molar-refractivity contribution >= 4 is 17.6 Å². The van der Waals surface area contributed by atoms with Gasteiger partial charge in [0.1, 0.15) is 0 Å². The third-order valence-electron chi connectivity index (χ3n) is 4.60. The lowest BCUT2D eigenvalue weighted by Gasteiger charge is -2.32. The van der Waals surface area contributed by atoms with E-state index < -0.39 is 10.9 Å². The average Bonchev–Trinajstić information content (AvgIpc) is 3.17. The molecular weight excluding hydrogens is 356 g/mol. The van der Waals surface area contributed by atoms with E-state index in [4.69, 9.17) is 9.84 Å². The molecule has 1 amide bonds. The Bertz CT molecular complexity index is 885. The number of nitro benzene ring substituents is 1. The molecule has 2 aromatic rings. The van der Waals surface area contributed by atoms with Crippen molar-refractivity contribution in [3.63, 3.8) is 0 Å². The van der Waals surface area contributed by atoms with Gasteiger partial charge in [-0.25, -0.2) is 4.79 Å². The van der Waals surface area contributed by atoms with Crippen LogP contribution in [0.4, 0.5) is 5.69 Å². The summed E-state index contributed by atoms with van der Waals surface area (Å²) in [6, 6.07) is 4.15. The van der Waals surface area contributed by atoms with E-state index in [9.17, 15) is 19.7 Å². The fourth-order valence-corrected chi connectivity index (χ4v) is 3.13. The van der Waals surface area contributed by atoms with Crippen LogP contribution in [0.15, 0.2) is 30.6 Å². The number of benzene rings is 1. The van der Waals surface area contributed by atoms with E-state index in [0.717, 1.165) is 0 Å². The van der Waals surface area contributed by atoms with Crippen LogP contribution in [-0.2, 0) is 0 Å². The number of piperidine rings is 1. The molecule has 0 bridgehead atoms. The average molecular weight is 374 g/mol. The molecule has 10 heteroatoms. The van der Waals surface area contributed by atoms with Gasteiger partial charge in [-0.3, -0.25) is 19.6 Å². The number of carbonyl (C=O) groups excluding carboxylic acids is 1. The third kappa shape index (κ3) is 3.73. The Morgan fingerprint density at radius 3 is 2.56 bits per heavy atom. The first kappa shape index (κ1) is 18.4. The van der Waals surface area contributed by atoms with Gasteiger partial charge in [0.25, 0.3) is 5.91 Å². The number of aromatic nitrogens is 2. The van der Waals surface area contributed by atoms with Gasteiger partial charge < -0.3 is 14.7 Å². The number of nitrogens with zero attached hydrogens (tertiary/aromatic N) is 4. The molecule has 27 heavy (non-hydrogen) atoms. The molecule has 10 nitrogen and oxygen atoms in total. The first-order valence-corrected chi connectivity index (χ1v) is 8.30. The lowest BCUT2D eigenvalue weighted by Crippen LogP contribution is -2.39. The van der Waals surface area contributed by atoms with Gasteiger partial charge in [-0.15, -0.1) is 0 Å². The van der Waals surface area contributed by atoms with Gasteiger partial charge in [-0.1, -0.05) is 0 Å². The number of carboxylic acid groups (broad SMARTS) is 1. The van der Waals surface area contributed by atoms with Gasteiger partial charge in [-0.05, 0) is 25.0 Å². The van der Waals surface area contributed by atoms with Crippen LogP contribution < -0.4 is 4.74 Å². The molecule has 1 aromatic heterocycles. The predicted molar refractivity (Wildman–Crippen MR) is 93.0 cm³/mol. The number of carboxylic acids is 1. The topological polar surface area (TPSA) is 128 Å². The number of amides is 1. The Labute approximate surface area is 154 Å². The number of hydrogen-bond donors (Lipinski definition) is 1. The Morgan fingerprint density at radius 2 is 2.00 bits per heavy atom. The van der Waals surface area contributed by atoms with Crippen LogP contribution in [-0.4, -0.2) is 56.8 Å². The SMILES string of the molecule is COc1ccc(C(=O)N2CCC(n3cc(C(=O)O)cn3)CC2)cc1[N+](=O)[O-]. The maximum atomic E-state index is 12.7. The Morgan fingerprint density at radius 1 is 1.30 bits per heavy atom. The predicted octanol–water partition coefficient (Wildman–Crippen LogP) is 1.98. The van der Waals surface area contributed by atoms with Crippen molar-refractivity contribution in [2.45, 2.75) is 18.9 Å². The first-order valence-electron chi connectivity index (χ1n) is 8.30. The maximum Gasteiger partial charge on any atom is 0.338 e. The van der Waals surface area contributed by atoms with Crippen molar-refractivity contribution in [1.29, 1.82) is 0 Å². The summed E-state index contributed by atoms with van der Waals surface area (Å²) in [4.78, 5) is 35.8. The highest BCUT2D eigenvalue weighted by atomic mass is 16.6. The molecule has 0 aliphatic carbocycles. The minimum Gasteiger partial charge on any atom is -0.490 e. The highest BCUT2D eigenvalue weighted by Gasteiger charge is 2.27. The smallest absolute Gasteiger partial charge is 0.338 e. The zero-order chi connectivity index (χ0) is 19.6. The zero-order valence-corrected chi connectivity index (χ0v) is 14.6. The van der Waals surface area contributed by atoms with E-state index in [0.29, 0.717) is 25.9 Å². The van der Waals surface area contributed by atoms with Crippen LogP contribution in [0, 0.1) is 10.1 Å². The quantitative estimate of drug-likeness (QED) is 0.626. The number of likely N-dealkylation sites (tertiary alicyclic amines) is 1. The molecule has 0 atom stereocenters. The fraction of sp³-hybridized carbons (Fsp3) is 0.353. The molecule has 1 saturated heterocycles. The monoisotopic (exact) mass is 374 g/mol. The van der Waals surface area contributed by atoms with Crippen molar-refractivity contribution < 1.29 is 24.4 Å². The molecule has 1 aromatic carbocycles. The van der Waals surface area contributed by atoms with Crippen LogP contribution in [0.2, 0.25) is 0 Å². The summed E-state index contributed by atoms with van der Waals surface area (Å²) >= 11 is 0. The largest absolute Gasteiger partial charge is 0.490 e. The second kappa shape index (κ2) is 7.44. The van der Waals surface area contributed by atoms with Crippen LogP contribution in [0.1, 0.15) is 39.6 Å². The molecule has 1 aliphatic heterocycles. The molecule has 1 N–H and O–H groups in total. The molecule has 0 radical (unpaired) electrons. The van der Waals surface area contributed by atoms with E-state index in [1.807, 2.05) is 0 Å². The van der Waals surface area contributed by atoms with Gasteiger partial charge in [0.2, 0.25) is 0 Å². The van der Waals surface area contributed by atoms with E-state index >= 15 is 0 Å². The lowest BCUT2D eigenvalue weighted by atomic mass is 10.0. The summed E-state index contributed by atoms with van der Waals surface area (Å²) in [7, 11) is 1.33. The van der Waals surface area contributed by atoms with Gasteiger partial charge in [0.05, 0.1) is 29.8 Å². The summed E-state index contributed by atoms with van der Waals surface area (Å²) in [6.45, 7) is 0.900. The van der Waals surface area contributed by atoms with Crippen molar-refractivity contribution in [1.82, 2.24) is 14.7 Å². The van der Waals surface area contributed by atoms with Crippen molar-refractivity contribution in [2.75, 3.05) is 20.2 Å². The summed E-state index contributed by atoms with van der Waals surface area (Å²) in [5.74, 6) is -1.22. The van der Waals surface area contributed by atoms with Gasteiger partial charge >= 0.3 is 11.7 Å². The van der Waals surface area contributed by atoms with E-state index in [1.54, 1.807) is 9.58 Å². The van der Waals surface area contributed by atoms with Gasteiger partial charge in [0.15, 0.2) is 5.75 Å². The summed E-state index contributed by atoms with van der Waals surface area (Å²) in [6.07, 6.45) is 4.02. The summed E-state index contributed by atoms with van der Waals surface area (Å²) < 4.78 is 6.57. The standard InChI is InChI=1S/C17H18N4O6/c1-27-15-3-2-11(8-14(15)21(25)26)16(22)19-6-4-13(5-7-19)20-10-12(9-18-20)17(23)24/h2-3,8-10,13H,4-7H2,1H3,(H,23,24). The van der Waals surface area contributed by atoms with E-state index in [-0.39, 0.29) is 34.5 Å². The maximum absolute atomic E-state index is 12.7. The fourth-order valence-electron chi connectivity index (χ4n) is 3.13. The lowest BCUT2D eigenvalue weighted by molar-refractivity contribution is -0.385. The normalized spacial score (nSPS) is 14.8. The van der Waals surface area contributed by atoms with Crippen molar-refractivity contribution in [3.8, 4) is 5.75 Å². The minimum absolute atomic E-state index is 0.00681. The van der Waals surface area contributed by atoms with Gasteiger partial charge in [-0.2, -0.15) is 5.10 Å².